The van der Waals surface area contributed by atoms with Crippen molar-refractivity contribution in [2.24, 2.45) is 0 Å². The number of aromatic nitrogens is 2. The van der Waals surface area contributed by atoms with Crippen LogP contribution >= 0.6 is 0 Å². The third-order valence-corrected chi connectivity index (χ3v) is 5.64. The van der Waals surface area contributed by atoms with Gasteiger partial charge in [-0.25, -0.2) is 4.98 Å². The van der Waals surface area contributed by atoms with Gasteiger partial charge in [-0.05, 0) is 47.9 Å². The van der Waals surface area contributed by atoms with Crippen molar-refractivity contribution in [2.45, 2.75) is 13.0 Å². The van der Waals surface area contributed by atoms with Gasteiger partial charge >= 0.3 is 0 Å². The number of amides is 1. The molecule has 0 saturated carbocycles. The van der Waals surface area contributed by atoms with Crippen molar-refractivity contribution in [3.8, 4) is 17.0 Å². The summed E-state index contributed by atoms with van der Waals surface area (Å²) in [5.74, 6) is 0.560. The molecule has 5 rings (SSSR count). The summed E-state index contributed by atoms with van der Waals surface area (Å²) < 4.78 is 7.34. The molecular formula is C24H20N4O4. The third kappa shape index (κ3) is 3.90. The molecule has 3 heterocycles. The number of nitro groups is 1. The molecule has 32 heavy (non-hydrogen) atoms. The Morgan fingerprint density at radius 1 is 1.03 bits per heavy atom. The molecule has 0 bridgehead atoms. The highest BCUT2D eigenvalue weighted by Crippen LogP contribution is 2.24. The monoisotopic (exact) mass is 428 g/mol. The van der Waals surface area contributed by atoms with Gasteiger partial charge < -0.3 is 9.64 Å². The molecular weight excluding hydrogens is 408 g/mol. The van der Waals surface area contributed by atoms with Crippen LogP contribution in [0.25, 0.3) is 16.9 Å². The second kappa shape index (κ2) is 8.14. The number of carbonyl (C=O) groups is 1. The molecule has 1 amide bonds. The largest absolute Gasteiger partial charge is 0.484 e. The predicted molar refractivity (Wildman–Crippen MR) is 118 cm³/mol. The van der Waals surface area contributed by atoms with Crippen LogP contribution in [-0.4, -0.2) is 38.3 Å². The lowest BCUT2D eigenvalue weighted by atomic mass is 10.00. The second-order valence-corrected chi connectivity index (χ2v) is 7.68. The normalized spacial score (nSPS) is 13.1. The molecule has 0 N–H and O–H groups in total. The van der Waals surface area contributed by atoms with Gasteiger partial charge in [-0.15, -0.1) is 0 Å². The Hall–Kier alpha value is -4.20. The van der Waals surface area contributed by atoms with E-state index in [9.17, 15) is 14.9 Å². The molecule has 0 aliphatic carbocycles. The maximum atomic E-state index is 12.6. The van der Waals surface area contributed by atoms with Gasteiger partial charge in [0.15, 0.2) is 6.61 Å². The summed E-state index contributed by atoms with van der Waals surface area (Å²) in [6, 6.07) is 18.5. The van der Waals surface area contributed by atoms with Crippen LogP contribution in [-0.2, 0) is 17.8 Å². The summed E-state index contributed by atoms with van der Waals surface area (Å²) in [6.45, 7) is 1.30. The van der Waals surface area contributed by atoms with E-state index in [0.717, 1.165) is 12.0 Å². The van der Waals surface area contributed by atoms with E-state index in [1.165, 1.54) is 23.4 Å². The minimum Gasteiger partial charge on any atom is -0.484 e. The number of imidazole rings is 1. The first-order valence-corrected chi connectivity index (χ1v) is 10.3. The zero-order chi connectivity index (χ0) is 22.1. The van der Waals surface area contributed by atoms with E-state index in [1.54, 1.807) is 28.8 Å². The predicted octanol–water partition coefficient (Wildman–Crippen LogP) is 3.87. The van der Waals surface area contributed by atoms with Crippen LogP contribution in [0.4, 0.5) is 5.69 Å². The average Bonchev–Trinajstić information content (AvgIpc) is 3.26. The summed E-state index contributed by atoms with van der Waals surface area (Å²) in [5, 5.41) is 11.0. The number of fused-ring (bicyclic) bond motifs is 2. The summed E-state index contributed by atoms with van der Waals surface area (Å²) in [4.78, 5) is 29.4. The average molecular weight is 428 g/mol. The van der Waals surface area contributed by atoms with Gasteiger partial charge in [0.25, 0.3) is 11.6 Å². The zero-order valence-electron chi connectivity index (χ0n) is 17.2. The smallest absolute Gasteiger partial charge is 0.286 e. The lowest BCUT2D eigenvalue weighted by Gasteiger charge is -2.28. The van der Waals surface area contributed by atoms with Crippen LogP contribution in [0.3, 0.4) is 0 Å². The van der Waals surface area contributed by atoms with Crippen molar-refractivity contribution in [1.29, 1.82) is 0 Å². The fourth-order valence-electron chi connectivity index (χ4n) is 3.89. The molecule has 0 radical (unpaired) electrons. The van der Waals surface area contributed by atoms with Crippen LogP contribution < -0.4 is 4.74 Å². The third-order valence-electron chi connectivity index (χ3n) is 5.64. The van der Waals surface area contributed by atoms with Crippen LogP contribution in [0.5, 0.6) is 5.75 Å². The molecule has 0 saturated heterocycles. The number of benzene rings is 2. The minimum absolute atomic E-state index is 0.00654. The van der Waals surface area contributed by atoms with Crippen LogP contribution in [0.2, 0.25) is 0 Å². The van der Waals surface area contributed by atoms with Gasteiger partial charge in [0.2, 0.25) is 0 Å². The topological polar surface area (TPSA) is 90.0 Å². The first kappa shape index (κ1) is 19.7. The lowest BCUT2D eigenvalue weighted by Crippen LogP contribution is -2.38. The number of carbonyl (C=O) groups excluding carboxylic acids is 1. The highest BCUT2D eigenvalue weighted by atomic mass is 16.6. The molecule has 8 heteroatoms. The van der Waals surface area contributed by atoms with Crippen LogP contribution in [0, 0.1) is 10.1 Å². The Morgan fingerprint density at radius 2 is 1.81 bits per heavy atom. The summed E-state index contributed by atoms with van der Waals surface area (Å²) >= 11 is 0. The summed E-state index contributed by atoms with van der Waals surface area (Å²) in [5.41, 5.74) is 4.67. The van der Waals surface area contributed by atoms with E-state index in [0.29, 0.717) is 30.2 Å². The second-order valence-electron chi connectivity index (χ2n) is 7.68. The van der Waals surface area contributed by atoms with Crippen molar-refractivity contribution >= 4 is 17.2 Å². The molecule has 0 unspecified atom stereocenters. The van der Waals surface area contributed by atoms with E-state index in [2.05, 4.69) is 17.1 Å². The van der Waals surface area contributed by atoms with Crippen molar-refractivity contribution in [2.75, 3.05) is 13.2 Å². The first-order chi connectivity index (χ1) is 15.6. The van der Waals surface area contributed by atoms with Gasteiger partial charge in [0.05, 0.1) is 16.8 Å². The number of hydrogen-bond acceptors (Lipinski definition) is 5. The maximum Gasteiger partial charge on any atom is 0.286 e. The van der Waals surface area contributed by atoms with Gasteiger partial charge in [0, 0.05) is 30.9 Å². The molecule has 4 aromatic rings. The SMILES string of the molecule is O=C(COc1ccc(-c2cn3cc([N+](=O)[O-])ccc3n2)cc1)N1CCc2ccccc2C1. The lowest BCUT2D eigenvalue weighted by molar-refractivity contribution is -0.385. The van der Waals surface area contributed by atoms with Gasteiger partial charge in [0.1, 0.15) is 11.4 Å². The Balaban J connectivity index is 1.23. The fraction of sp³-hybridized carbons (Fsp3) is 0.167. The standard InChI is InChI=1S/C24H20N4O4/c29-24(26-12-11-17-3-1-2-4-19(17)13-26)16-32-21-8-5-18(6-9-21)22-15-27-14-20(28(30)31)7-10-23(27)25-22/h1-10,14-15H,11-13,16H2. The van der Waals surface area contributed by atoms with Crippen LogP contribution in [0.15, 0.2) is 73.1 Å². The number of hydrogen-bond donors (Lipinski definition) is 0. The number of pyridine rings is 1. The quantitative estimate of drug-likeness (QED) is 0.356. The molecule has 0 atom stereocenters. The number of rotatable bonds is 5. The summed E-state index contributed by atoms with van der Waals surface area (Å²) in [6.07, 6.45) is 4.04. The molecule has 2 aromatic heterocycles. The Labute approximate surface area is 183 Å². The van der Waals surface area contributed by atoms with E-state index in [1.807, 2.05) is 29.2 Å². The van der Waals surface area contributed by atoms with Gasteiger partial charge in [-0.1, -0.05) is 24.3 Å². The van der Waals surface area contributed by atoms with Crippen LogP contribution in [0.1, 0.15) is 11.1 Å². The minimum atomic E-state index is -0.435. The van der Waals surface area contributed by atoms with Crippen molar-refractivity contribution in [1.82, 2.24) is 14.3 Å². The van der Waals surface area contributed by atoms with E-state index >= 15 is 0 Å². The maximum absolute atomic E-state index is 12.6. The zero-order valence-corrected chi connectivity index (χ0v) is 17.2. The van der Waals surface area contributed by atoms with Crippen molar-refractivity contribution in [3.63, 3.8) is 0 Å². The molecule has 1 aliphatic heterocycles. The Morgan fingerprint density at radius 3 is 2.59 bits per heavy atom. The molecule has 1 aliphatic rings. The molecule has 0 fully saturated rings. The van der Waals surface area contributed by atoms with Crippen molar-refractivity contribution in [3.05, 3.63) is 94.3 Å². The summed E-state index contributed by atoms with van der Waals surface area (Å²) in [7, 11) is 0. The molecule has 0 spiro atoms. The first-order valence-electron chi connectivity index (χ1n) is 10.3. The van der Waals surface area contributed by atoms with E-state index < -0.39 is 4.92 Å². The molecule has 2 aromatic carbocycles. The molecule has 160 valence electrons. The number of nitrogens with zero attached hydrogens (tertiary/aromatic N) is 4. The van der Waals surface area contributed by atoms with E-state index in [-0.39, 0.29) is 18.2 Å². The number of ether oxygens (including phenoxy) is 1. The van der Waals surface area contributed by atoms with Crippen molar-refractivity contribution < 1.29 is 14.5 Å². The fourth-order valence-corrected chi connectivity index (χ4v) is 3.89. The molecule has 8 nitrogen and oxygen atoms in total. The van der Waals surface area contributed by atoms with Gasteiger partial charge in [-0.2, -0.15) is 0 Å². The highest BCUT2D eigenvalue weighted by molar-refractivity contribution is 5.78. The Bertz CT molecular complexity index is 1310. The highest BCUT2D eigenvalue weighted by Gasteiger charge is 2.20. The Kier molecular flexibility index (Phi) is 5.03. The van der Waals surface area contributed by atoms with E-state index in [4.69, 9.17) is 4.74 Å². The van der Waals surface area contributed by atoms with Gasteiger partial charge in [-0.3, -0.25) is 19.3 Å².